The molecule has 3 heteroatoms. The molecule has 2 N–H and O–H groups in total. The van der Waals surface area contributed by atoms with Crippen molar-refractivity contribution in [2.75, 3.05) is 0 Å². The van der Waals surface area contributed by atoms with Crippen LogP contribution < -0.4 is 5.32 Å². The van der Waals surface area contributed by atoms with E-state index in [1.54, 1.807) is 0 Å². The van der Waals surface area contributed by atoms with E-state index >= 15 is 0 Å². The summed E-state index contributed by atoms with van der Waals surface area (Å²) in [6, 6.07) is 0. The van der Waals surface area contributed by atoms with Crippen molar-refractivity contribution in [1.29, 1.82) is 0 Å². The van der Waals surface area contributed by atoms with Crippen LogP contribution in [0.5, 0.6) is 0 Å². The predicted molar refractivity (Wildman–Crippen MR) is 59.2 cm³/mol. The standard InChI is InChI=1S/C10H19NOS/c1-9(2)5-7(8(12)13)6-10(3,4)11-9/h7,11H,5-6H2,1-4H3,(H,12,13). The van der Waals surface area contributed by atoms with Crippen LogP contribution in [0.25, 0.3) is 0 Å². The van der Waals surface area contributed by atoms with Crippen LogP contribution in [0.3, 0.4) is 0 Å². The third kappa shape index (κ3) is 2.92. The molecule has 0 amide bonds. The Morgan fingerprint density at radius 2 is 1.62 bits per heavy atom. The summed E-state index contributed by atoms with van der Waals surface area (Å²) in [4.78, 5) is 0. The average molecular weight is 201 g/mol. The Morgan fingerprint density at radius 3 is 1.92 bits per heavy atom. The molecule has 1 saturated heterocycles. The molecule has 0 aromatic heterocycles. The molecule has 0 aliphatic carbocycles. The zero-order chi connectivity index (χ0) is 10.3. The third-order valence-corrected chi connectivity index (χ3v) is 2.87. The van der Waals surface area contributed by atoms with Crippen molar-refractivity contribution < 1.29 is 5.11 Å². The second-order valence-electron chi connectivity index (χ2n) is 5.34. The average Bonchev–Trinajstić information content (AvgIpc) is 1.79. The van der Waals surface area contributed by atoms with Crippen molar-refractivity contribution in [2.24, 2.45) is 5.92 Å². The largest absolute Gasteiger partial charge is 0.502 e. The molecule has 0 atom stereocenters. The SMILES string of the molecule is CC1(C)CC(C(O)=S)CC(C)(C)N1. The first kappa shape index (κ1) is 10.9. The summed E-state index contributed by atoms with van der Waals surface area (Å²) in [5.74, 6) is 0.168. The number of hydrogen-bond acceptors (Lipinski definition) is 2. The van der Waals surface area contributed by atoms with Gasteiger partial charge in [0.1, 0.15) is 0 Å². The van der Waals surface area contributed by atoms with Gasteiger partial charge in [0.05, 0.1) is 0 Å². The molecule has 0 radical (unpaired) electrons. The molecule has 0 saturated carbocycles. The van der Waals surface area contributed by atoms with Crippen molar-refractivity contribution >= 4 is 17.3 Å². The van der Waals surface area contributed by atoms with Gasteiger partial charge in [-0.2, -0.15) is 0 Å². The van der Waals surface area contributed by atoms with Crippen molar-refractivity contribution in [3.8, 4) is 0 Å². The second kappa shape index (κ2) is 3.21. The predicted octanol–water partition coefficient (Wildman–Crippen LogP) is 2.43. The third-order valence-electron chi connectivity index (χ3n) is 2.54. The lowest BCUT2D eigenvalue weighted by Crippen LogP contribution is -2.58. The molecule has 0 unspecified atom stereocenters. The normalized spacial score (nSPS) is 27.1. The maximum Gasteiger partial charge on any atom is 0.159 e. The van der Waals surface area contributed by atoms with E-state index in [1.807, 2.05) is 0 Å². The van der Waals surface area contributed by atoms with Gasteiger partial charge >= 0.3 is 0 Å². The molecule has 1 rings (SSSR count). The van der Waals surface area contributed by atoms with Crippen molar-refractivity contribution in [3.05, 3.63) is 0 Å². The molecule has 2 nitrogen and oxygen atoms in total. The maximum absolute atomic E-state index is 9.35. The first-order valence-electron chi connectivity index (χ1n) is 4.74. The van der Waals surface area contributed by atoms with E-state index in [2.05, 4.69) is 33.0 Å². The molecule has 13 heavy (non-hydrogen) atoms. The van der Waals surface area contributed by atoms with E-state index < -0.39 is 0 Å². The summed E-state index contributed by atoms with van der Waals surface area (Å²) >= 11 is 4.85. The fraction of sp³-hybridized carbons (Fsp3) is 0.900. The second-order valence-corrected chi connectivity index (χ2v) is 5.75. The van der Waals surface area contributed by atoms with Gasteiger partial charge in [0.25, 0.3) is 0 Å². The maximum atomic E-state index is 9.35. The summed E-state index contributed by atoms with van der Waals surface area (Å²) in [5, 5.41) is 13.1. The molecule has 0 bridgehead atoms. The van der Waals surface area contributed by atoms with Gasteiger partial charge < -0.3 is 10.4 Å². The van der Waals surface area contributed by atoms with Gasteiger partial charge in [-0.15, -0.1) is 0 Å². The summed E-state index contributed by atoms with van der Waals surface area (Å²) in [6.45, 7) is 8.61. The molecule has 76 valence electrons. The number of rotatable bonds is 1. The minimum atomic E-state index is 0.0687. The summed E-state index contributed by atoms with van der Waals surface area (Å²) in [6.07, 6.45) is 1.84. The van der Waals surface area contributed by atoms with Gasteiger partial charge in [0, 0.05) is 17.0 Å². The van der Waals surface area contributed by atoms with Crippen LogP contribution in [0.4, 0.5) is 0 Å². The molecular formula is C10H19NOS. The van der Waals surface area contributed by atoms with Gasteiger partial charge in [-0.25, -0.2) is 0 Å². The highest BCUT2D eigenvalue weighted by molar-refractivity contribution is 7.80. The van der Waals surface area contributed by atoms with Crippen LogP contribution in [0.15, 0.2) is 0 Å². The lowest BCUT2D eigenvalue weighted by Gasteiger charge is -2.45. The monoisotopic (exact) mass is 201 g/mol. The molecule has 0 spiro atoms. The van der Waals surface area contributed by atoms with E-state index in [0.29, 0.717) is 0 Å². The number of hydrogen-bond donors (Lipinski definition) is 2. The number of nitrogens with one attached hydrogen (secondary N) is 1. The van der Waals surface area contributed by atoms with Crippen LogP contribution in [0, 0.1) is 5.92 Å². The van der Waals surface area contributed by atoms with Crippen LogP contribution >= 0.6 is 12.2 Å². The highest BCUT2D eigenvalue weighted by Gasteiger charge is 2.39. The smallest absolute Gasteiger partial charge is 0.159 e. The van der Waals surface area contributed by atoms with Crippen LogP contribution in [0.2, 0.25) is 0 Å². The molecule has 1 aliphatic rings. The minimum Gasteiger partial charge on any atom is -0.502 e. The lowest BCUT2D eigenvalue weighted by molar-refractivity contribution is 0.151. The van der Waals surface area contributed by atoms with Crippen LogP contribution in [-0.4, -0.2) is 21.2 Å². The summed E-state index contributed by atoms with van der Waals surface area (Å²) in [5.41, 5.74) is 0.137. The fourth-order valence-corrected chi connectivity index (χ4v) is 2.66. The quantitative estimate of drug-likeness (QED) is 0.639. The van der Waals surface area contributed by atoms with Gasteiger partial charge in [-0.1, -0.05) is 0 Å². The highest BCUT2D eigenvalue weighted by atomic mass is 32.1. The zero-order valence-electron chi connectivity index (χ0n) is 8.85. The molecule has 1 fully saturated rings. The van der Waals surface area contributed by atoms with E-state index in [4.69, 9.17) is 12.2 Å². The Bertz CT molecular complexity index is 207. The molecular weight excluding hydrogens is 182 g/mol. The van der Waals surface area contributed by atoms with Gasteiger partial charge in [-0.05, 0) is 52.8 Å². The molecule has 0 aromatic rings. The molecule has 1 aliphatic heterocycles. The first-order chi connectivity index (χ1) is 5.72. The summed E-state index contributed by atoms with van der Waals surface area (Å²) < 4.78 is 0. The Morgan fingerprint density at radius 1 is 1.23 bits per heavy atom. The Hall–Kier alpha value is -0.150. The number of aliphatic hydroxyl groups is 1. The van der Waals surface area contributed by atoms with Gasteiger partial charge in [0.2, 0.25) is 0 Å². The Kier molecular flexibility index (Phi) is 2.70. The fourth-order valence-electron chi connectivity index (χ4n) is 2.50. The van der Waals surface area contributed by atoms with E-state index in [-0.39, 0.29) is 22.0 Å². The summed E-state index contributed by atoms with van der Waals surface area (Å²) in [7, 11) is 0. The van der Waals surface area contributed by atoms with E-state index in [0.717, 1.165) is 12.8 Å². The Labute approximate surface area is 85.7 Å². The van der Waals surface area contributed by atoms with Crippen LogP contribution in [-0.2, 0) is 0 Å². The lowest BCUT2D eigenvalue weighted by atomic mass is 9.76. The van der Waals surface area contributed by atoms with Crippen molar-refractivity contribution in [2.45, 2.75) is 51.6 Å². The first-order valence-corrected chi connectivity index (χ1v) is 5.15. The van der Waals surface area contributed by atoms with Crippen molar-refractivity contribution in [1.82, 2.24) is 5.32 Å². The molecule has 0 aromatic carbocycles. The van der Waals surface area contributed by atoms with Gasteiger partial charge in [0.15, 0.2) is 5.05 Å². The number of aliphatic hydroxyl groups excluding tert-OH is 1. The number of piperidine rings is 1. The van der Waals surface area contributed by atoms with Gasteiger partial charge in [-0.3, -0.25) is 0 Å². The highest BCUT2D eigenvalue weighted by Crippen LogP contribution is 2.33. The Balaban J connectivity index is 2.78. The van der Waals surface area contributed by atoms with E-state index in [1.165, 1.54) is 0 Å². The minimum absolute atomic E-state index is 0.0687. The van der Waals surface area contributed by atoms with E-state index in [9.17, 15) is 5.11 Å². The number of thiocarbonyl (C=S) groups is 1. The van der Waals surface area contributed by atoms with Crippen LogP contribution in [0.1, 0.15) is 40.5 Å². The zero-order valence-corrected chi connectivity index (χ0v) is 9.66. The van der Waals surface area contributed by atoms with Crippen molar-refractivity contribution in [3.63, 3.8) is 0 Å². The molecule has 1 heterocycles. The topological polar surface area (TPSA) is 32.3 Å².